The normalized spacial score (nSPS) is 14.3. The Balaban J connectivity index is 2.06. The van der Waals surface area contributed by atoms with Crippen LogP contribution in [-0.2, 0) is 10.3 Å². The van der Waals surface area contributed by atoms with E-state index in [-0.39, 0.29) is 0 Å². The molecule has 0 saturated carbocycles. The summed E-state index contributed by atoms with van der Waals surface area (Å²) >= 11 is 0. The number of benzene rings is 1. The van der Waals surface area contributed by atoms with Crippen molar-refractivity contribution in [2.24, 2.45) is 0 Å². The van der Waals surface area contributed by atoms with Gasteiger partial charge in [-0.05, 0) is 50.6 Å². The van der Waals surface area contributed by atoms with Crippen LogP contribution in [0.15, 0.2) is 30.3 Å². The topological polar surface area (TPSA) is 54.4 Å². The summed E-state index contributed by atoms with van der Waals surface area (Å²) in [5.74, 6) is 0. The van der Waals surface area contributed by atoms with Crippen molar-refractivity contribution in [1.82, 2.24) is 10.3 Å². The minimum atomic E-state index is -0.848. The molecule has 2 rings (SSSR count). The second-order valence-electron chi connectivity index (χ2n) is 5.63. The van der Waals surface area contributed by atoms with E-state index in [1.54, 1.807) is 7.11 Å². The molecule has 0 fully saturated rings. The van der Waals surface area contributed by atoms with Gasteiger partial charge in [0.2, 0.25) is 0 Å². The van der Waals surface area contributed by atoms with Crippen LogP contribution >= 0.6 is 0 Å². The number of nitrogens with one attached hydrogen (secondary N) is 1. The summed E-state index contributed by atoms with van der Waals surface area (Å²) in [6.45, 7) is 6.07. The summed E-state index contributed by atoms with van der Waals surface area (Å²) in [4.78, 5) is 4.49. The molecule has 1 heterocycles. The van der Waals surface area contributed by atoms with Gasteiger partial charge in [0.15, 0.2) is 0 Å². The van der Waals surface area contributed by atoms with Gasteiger partial charge in [-0.15, -0.1) is 0 Å². The lowest BCUT2D eigenvalue weighted by Crippen LogP contribution is -2.29. The summed E-state index contributed by atoms with van der Waals surface area (Å²) in [6.07, 6.45) is 0.654. The highest BCUT2D eigenvalue weighted by atomic mass is 16.5. The number of methoxy groups -OCH3 is 1. The highest BCUT2D eigenvalue weighted by Gasteiger charge is 2.22. The van der Waals surface area contributed by atoms with Crippen molar-refractivity contribution in [3.63, 3.8) is 0 Å². The first-order valence-electron chi connectivity index (χ1n) is 7.33. The molecule has 4 heteroatoms. The molecule has 1 unspecified atom stereocenters. The van der Waals surface area contributed by atoms with Gasteiger partial charge >= 0.3 is 0 Å². The maximum Gasteiger partial charge on any atom is 0.0880 e. The minimum absolute atomic E-state index is 0.654. The van der Waals surface area contributed by atoms with Crippen LogP contribution in [0.1, 0.15) is 24.6 Å². The molecule has 0 aliphatic carbocycles. The second kappa shape index (κ2) is 6.98. The van der Waals surface area contributed by atoms with Crippen molar-refractivity contribution in [3.05, 3.63) is 41.6 Å². The number of hydrogen-bond donors (Lipinski definition) is 2. The molecule has 1 aromatic carbocycles. The lowest BCUT2D eigenvalue weighted by molar-refractivity contribution is 0.0476. The molecule has 0 bridgehead atoms. The third-order valence-corrected chi connectivity index (χ3v) is 3.72. The van der Waals surface area contributed by atoms with E-state index in [0.29, 0.717) is 13.0 Å². The number of nitrogens with zero attached hydrogens (tertiary/aromatic N) is 1. The first-order chi connectivity index (χ1) is 10.0. The smallest absolute Gasteiger partial charge is 0.0880 e. The van der Waals surface area contributed by atoms with Gasteiger partial charge in [-0.25, -0.2) is 0 Å². The minimum Gasteiger partial charge on any atom is -0.385 e. The Morgan fingerprint density at radius 2 is 2.05 bits per heavy atom. The van der Waals surface area contributed by atoms with Crippen molar-refractivity contribution in [1.29, 1.82) is 0 Å². The van der Waals surface area contributed by atoms with Crippen LogP contribution in [0, 0.1) is 6.92 Å². The van der Waals surface area contributed by atoms with E-state index in [1.165, 1.54) is 0 Å². The summed E-state index contributed by atoms with van der Waals surface area (Å²) in [6, 6.07) is 10.0. The van der Waals surface area contributed by atoms with Gasteiger partial charge in [-0.1, -0.05) is 12.1 Å². The third kappa shape index (κ3) is 4.24. The molecule has 114 valence electrons. The number of aryl methyl sites for hydroxylation is 1. The van der Waals surface area contributed by atoms with Crippen molar-refractivity contribution < 1.29 is 9.84 Å². The van der Waals surface area contributed by atoms with Crippen molar-refractivity contribution >= 4 is 10.9 Å². The Morgan fingerprint density at radius 1 is 1.24 bits per heavy atom. The first kappa shape index (κ1) is 15.9. The van der Waals surface area contributed by atoms with Crippen LogP contribution in [0.4, 0.5) is 0 Å². The predicted molar refractivity (Wildman–Crippen MR) is 85.4 cm³/mol. The largest absolute Gasteiger partial charge is 0.385 e. The summed E-state index contributed by atoms with van der Waals surface area (Å²) in [5.41, 5.74) is 2.05. The number of ether oxygens (including phenoxy) is 1. The summed E-state index contributed by atoms with van der Waals surface area (Å²) in [5, 5.41) is 15.0. The second-order valence-corrected chi connectivity index (χ2v) is 5.63. The van der Waals surface area contributed by atoms with Gasteiger partial charge in [0, 0.05) is 24.7 Å². The van der Waals surface area contributed by atoms with Gasteiger partial charge in [0.25, 0.3) is 0 Å². The number of hydrogen-bond acceptors (Lipinski definition) is 4. The number of aliphatic hydroxyl groups is 1. The summed E-state index contributed by atoms with van der Waals surface area (Å²) < 4.78 is 4.98. The molecule has 2 N–H and O–H groups in total. The average Bonchev–Trinajstić information content (AvgIpc) is 2.46. The highest BCUT2D eigenvalue weighted by molar-refractivity contribution is 5.79. The maximum absolute atomic E-state index is 10.7. The molecule has 1 atom stereocenters. The number of rotatable bonds is 7. The predicted octanol–water partition coefficient (Wildman–Crippen LogP) is 2.38. The van der Waals surface area contributed by atoms with E-state index in [0.717, 1.165) is 35.2 Å². The zero-order valence-electron chi connectivity index (χ0n) is 13.0. The first-order valence-corrected chi connectivity index (χ1v) is 7.33. The highest BCUT2D eigenvalue weighted by Crippen LogP contribution is 2.27. The van der Waals surface area contributed by atoms with Crippen LogP contribution in [0.3, 0.4) is 0 Å². The Hall–Kier alpha value is -1.49. The zero-order chi connectivity index (χ0) is 15.3. The molecule has 2 aromatic rings. The third-order valence-electron chi connectivity index (χ3n) is 3.72. The van der Waals surface area contributed by atoms with Gasteiger partial charge in [-0.2, -0.15) is 0 Å². The van der Waals surface area contributed by atoms with E-state index in [1.807, 2.05) is 44.2 Å². The maximum atomic E-state index is 10.7. The fraction of sp³-hybridized carbons (Fsp3) is 0.471. The molecule has 21 heavy (non-hydrogen) atoms. The van der Waals surface area contributed by atoms with E-state index in [2.05, 4.69) is 10.3 Å². The van der Waals surface area contributed by atoms with Crippen LogP contribution in [-0.4, -0.2) is 36.9 Å². The van der Waals surface area contributed by atoms with Gasteiger partial charge in [-0.3, -0.25) is 4.98 Å². The molecule has 0 amide bonds. The molecule has 0 radical (unpaired) electrons. The fourth-order valence-electron chi connectivity index (χ4n) is 2.34. The van der Waals surface area contributed by atoms with Crippen molar-refractivity contribution in [2.45, 2.75) is 25.9 Å². The molecule has 0 saturated heterocycles. The fourth-order valence-corrected chi connectivity index (χ4v) is 2.34. The molecular weight excluding hydrogens is 264 g/mol. The molecular formula is C17H24N2O2. The Kier molecular flexibility index (Phi) is 5.28. The quantitative estimate of drug-likeness (QED) is 0.768. The lowest BCUT2D eigenvalue weighted by atomic mass is 9.91. The summed E-state index contributed by atoms with van der Waals surface area (Å²) in [7, 11) is 1.68. The molecule has 0 spiro atoms. The van der Waals surface area contributed by atoms with Gasteiger partial charge in [0.1, 0.15) is 0 Å². The zero-order valence-corrected chi connectivity index (χ0v) is 13.0. The number of fused-ring (bicyclic) bond motifs is 1. The Morgan fingerprint density at radius 3 is 2.81 bits per heavy atom. The van der Waals surface area contributed by atoms with Gasteiger partial charge < -0.3 is 15.2 Å². The number of pyridine rings is 1. The molecule has 1 aromatic heterocycles. The van der Waals surface area contributed by atoms with Crippen LogP contribution in [0.5, 0.6) is 0 Å². The van der Waals surface area contributed by atoms with E-state index in [4.69, 9.17) is 4.74 Å². The van der Waals surface area contributed by atoms with E-state index >= 15 is 0 Å². The molecule has 0 aliphatic rings. The standard InChI is InChI=1S/C17H24N2O2/c1-13-4-5-14-12-15(6-7-16(14)19-13)17(2,20)8-9-18-10-11-21-3/h4-7,12,18,20H,8-11H2,1-3H3. The van der Waals surface area contributed by atoms with Gasteiger partial charge in [0.05, 0.1) is 17.7 Å². The van der Waals surface area contributed by atoms with Crippen molar-refractivity contribution in [3.8, 4) is 0 Å². The van der Waals surface area contributed by atoms with Crippen molar-refractivity contribution in [2.75, 3.05) is 26.8 Å². The number of aromatic nitrogens is 1. The van der Waals surface area contributed by atoms with E-state index in [9.17, 15) is 5.11 Å². The lowest BCUT2D eigenvalue weighted by Gasteiger charge is -2.24. The van der Waals surface area contributed by atoms with E-state index < -0.39 is 5.60 Å². The Bertz CT molecular complexity index is 596. The van der Waals surface area contributed by atoms with Crippen LogP contribution in [0.2, 0.25) is 0 Å². The van der Waals surface area contributed by atoms with Crippen LogP contribution < -0.4 is 5.32 Å². The van der Waals surface area contributed by atoms with Crippen LogP contribution in [0.25, 0.3) is 10.9 Å². The average molecular weight is 288 g/mol. The SMILES string of the molecule is COCCNCCC(C)(O)c1ccc2nc(C)ccc2c1. The molecule has 0 aliphatic heterocycles. The Labute approximate surface area is 126 Å². The molecule has 4 nitrogen and oxygen atoms in total. The monoisotopic (exact) mass is 288 g/mol.